The highest BCUT2D eigenvalue weighted by atomic mass is 16.5. The van der Waals surface area contributed by atoms with Crippen LogP contribution in [-0.2, 0) is 0 Å². The zero-order valence-corrected chi connectivity index (χ0v) is 15.0. The molecule has 27 heavy (non-hydrogen) atoms. The number of Topliss-reactive ketones (excluding diaryl/α,β-unsaturated/α-hetero) is 1. The smallest absolute Gasteiger partial charge is 0.200 e. The number of ether oxygens (including phenoxy) is 2. The fourth-order valence-electron chi connectivity index (χ4n) is 2.62. The largest absolute Gasteiger partial charge is 0.494 e. The molecule has 0 aromatic heterocycles. The fourth-order valence-corrected chi connectivity index (χ4v) is 2.62. The van der Waals surface area contributed by atoms with Crippen molar-refractivity contribution in [3.63, 3.8) is 0 Å². The molecule has 0 fully saturated rings. The Kier molecular flexibility index (Phi) is 5.86. The van der Waals surface area contributed by atoms with E-state index in [0.717, 1.165) is 16.9 Å². The molecule has 0 amide bonds. The minimum absolute atomic E-state index is 0.0236. The molecule has 0 spiro atoms. The predicted octanol–water partition coefficient (Wildman–Crippen LogP) is 4.89. The monoisotopic (exact) mass is 357 g/mol. The summed E-state index contributed by atoms with van der Waals surface area (Å²) < 4.78 is 11.0. The third-order valence-corrected chi connectivity index (χ3v) is 4.06. The molecule has 0 atom stereocenters. The van der Waals surface area contributed by atoms with Crippen molar-refractivity contribution in [3.8, 4) is 28.7 Å². The lowest BCUT2D eigenvalue weighted by molar-refractivity contribution is 0.0921. The number of rotatable bonds is 7. The first kappa shape index (κ1) is 18.2. The topological polar surface area (TPSA) is 59.3 Å². The number of hydrogen-bond donors (Lipinski definition) is 0. The van der Waals surface area contributed by atoms with Crippen LogP contribution in [0.4, 0.5) is 0 Å². The molecule has 3 rings (SSSR count). The van der Waals surface area contributed by atoms with Crippen LogP contribution in [0.15, 0.2) is 72.8 Å². The number of nitriles is 1. The minimum atomic E-state index is -0.0887. The van der Waals surface area contributed by atoms with Crippen LogP contribution in [0.1, 0.15) is 22.8 Å². The average molecular weight is 357 g/mol. The highest BCUT2D eigenvalue weighted by Crippen LogP contribution is 2.23. The van der Waals surface area contributed by atoms with Crippen LogP contribution in [0.25, 0.3) is 11.1 Å². The van der Waals surface area contributed by atoms with Crippen LogP contribution in [-0.4, -0.2) is 19.0 Å². The fraction of sp³-hybridized carbons (Fsp3) is 0.130. The summed E-state index contributed by atoms with van der Waals surface area (Å²) in [6.07, 6.45) is 0. The lowest BCUT2D eigenvalue weighted by atomic mass is 10.0. The van der Waals surface area contributed by atoms with Crippen molar-refractivity contribution in [1.82, 2.24) is 0 Å². The van der Waals surface area contributed by atoms with Crippen molar-refractivity contribution < 1.29 is 14.3 Å². The van der Waals surface area contributed by atoms with Gasteiger partial charge in [-0.2, -0.15) is 5.26 Å². The Bertz CT molecular complexity index is 937. The first-order valence-electron chi connectivity index (χ1n) is 8.69. The number of carbonyl (C=O) groups excluding carboxylic acids is 1. The summed E-state index contributed by atoms with van der Waals surface area (Å²) in [5.41, 5.74) is 3.26. The Morgan fingerprint density at radius 3 is 1.89 bits per heavy atom. The summed E-state index contributed by atoms with van der Waals surface area (Å²) in [6, 6.07) is 24.1. The summed E-state index contributed by atoms with van der Waals surface area (Å²) in [5, 5.41) is 8.86. The summed E-state index contributed by atoms with van der Waals surface area (Å²) in [4.78, 5) is 12.2. The highest BCUT2D eigenvalue weighted by Gasteiger charge is 2.07. The van der Waals surface area contributed by atoms with Gasteiger partial charge < -0.3 is 9.47 Å². The molecule has 134 valence electrons. The normalized spacial score (nSPS) is 10.1. The van der Waals surface area contributed by atoms with Crippen molar-refractivity contribution in [3.05, 3.63) is 83.9 Å². The van der Waals surface area contributed by atoms with Gasteiger partial charge in [0.05, 0.1) is 18.2 Å². The molecule has 0 N–H and O–H groups in total. The van der Waals surface area contributed by atoms with Crippen LogP contribution in [0.2, 0.25) is 0 Å². The van der Waals surface area contributed by atoms with Gasteiger partial charge in [-0.1, -0.05) is 24.3 Å². The van der Waals surface area contributed by atoms with E-state index in [-0.39, 0.29) is 12.4 Å². The van der Waals surface area contributed by atoms with E-state index in [1.54, 1.807) is 36.4 Å². The molecule has 0 aliphatic heterocycles. The second-order valence-electron chi connectivity index (χ2n) is 5.88. The van der Waals surface area contributed by atoms with Gasteiger partial charge in [0.15, 0.2) is 12.4 Å². The van der Waals surface area contributed by atoms with Gasteiger partial charge in [0, 0.05) is 5.56 Å². The molecule has 0 aliphatic rings. The van der Waals surface area contributed by atoms with Crippen molar-refractivity contribution >= 4 is 5.78 Å². The van der Waals surface area contributed by atoms with Crippen molar-refractivity contribution in [1.29, 1.82) is 5.26 Å². The van der Waals surface area contributed by atoms with Gasteiger partial charge in [-0.15, -0.1) is 0 Å². The Hall–Kier alpha value is -3.58. The first-order valence-corrected chi connectivity index (χ1v) is 8.69. The first-order chi connectivity index (χ1) is 13.2. The number of carbonyl (C=O) groups is 1. The molecule has 0 bridgehead atoms. The molecule has 0 saturated carbocycles. The molecule has 0 radical (unpaired) electrons. The summed E-state index contributed by atoms with van der Waals surface area (Å²) >= 11 is 0. The predicted molar refractivity (Wildman–Crippen MR) is 104 cm³/mol. The molecule has 0 unspecified atom stereocenters. The second-order valence-corrected chi connectivity index (χ2v) is 5.88. The number of nitrogens with zero attached hydrogens (tertiary/aromatic N) is 1. The third kappa shape index (κ3) is 4.74. The maximum absolute atomic E-state index is 12.2. The Morgan fingerprint density at radius 1 is 0.815 bits per heavy atom. The van der Waals surface area contributed by atoms with Crippen LogP contribution in [0.3, 0.4) is 0 Å². The lowest BCUT2D eigenvalue weighted by Crippen LogP contribution is -2.11. The van der Waals surface area contributed by atoms with Gasteiger partial charge in [-0.3, -0.25) is 4.79 Å². The van der Waals surface area contributed by atoms with Crippen LogP contribution in [0.5, 0.6) is 11.5 Å². The van der Waals surface area contributed by atoms with E-state index in [1.807, 2.05) is 43.3 Å². The van der Waals surface area contributed by atoms with E-state index in [4.69, 9.17) is 14.7 Å². The van der Waals surface area contributed by atoms with Crippen molar-refractivity contribution in [2.75, 3.05) is 13.2 Å². The highest BCUT2D eigenvalue weighted by molar-refractivity contribution is 5.97. The Balaban J connectivity index is 1.59. The molecule has 4 nitrogen and oxygen atoms in total. The standard InChI is InChI=1S/C23H19NO3/c1-2-26-21-13-9-20(10-14-21)23(25)16-27-22-11-7-19(8-12-22)18-5-3-17(15-24)4-6-18/h3-14H,2,16H2,1H3. The van der Waals surface area contributed by atoms with Crippen LogP contribution in [0, 0.1) is 11.3 Å². The quantitative estimate of drug-likeness (QED) is 0.565. The summed E-state index contributed by atoms with van der Waals surface area (Å²) in [5.74, 6) is 1.29. The zero-order chi connectivity index (χ0) is 19.1. The maximum Gasteiger partial charge on any atom is 0.200 e. The summed E-state index contributed by atoms with van der Waals surface area (Å²) in [6.45, 7) is 2.48. The van der Waals surface area contributed by atoms with E-state index in [1.165, 1.54) is 0 Å². The van der Waals surface area contributed by atoms with E-state index in [2.05, 4.69) is 6.07 Å². The molecule has 3 aromatic carbocycles. The van der Waals surface area contributed by atoms with Crippen LogP contribution < -0.4 is 9.47 Å². The van der Waals surface area contributed by atoms with Crippen molar-refractivity contribution in [2.45, 2.75) is 6.92 Å². The Labute approximate surface area is 158 Å². The van der Waals surface area contributed by atoms with Gasteiger partial charge in [0.1, 0.15) is 11.5 Å². The van der Waals surface area contributed by atoms with Crippen LogP contribution >= 0.6 is 0 Å². The van der Waals surface area contributed by atoms with Gasteiger partial charge in [0.2, 0.25) is 0 Å². The van der Waals surface area contributed by atoms with E-state index in [9.17, 15) is 4.79 Å². The minimum Gasteiger partial charge on any atom is -0.494 e. The molecule has 4 heteroatoms. The maximum atomic E-state index is 12.2. The van der Waals surface area contributed by atoms with Gasteiger partial charge in [-0.25, -0.2) is 0 Å². The molecule has 3 aromatic rings. The SMILES string of the molecule is CCOc1ccc(C(=O)COc2ccc(-c3ccc(C#N)cc3)cc2)cc1. The van der Waals surface area contributed by atoms with E-state index in [0.29, 0.717) is 23.5 Å². The van der Waals surface area contributed by atoms with Gasteiger partial charge >= 0.3 is 0 Å². The Morgan fingerprint density at radius 2 is 1.33 bits per heavy atom. The number of ketones is 1. The lowest BCUT2D eigenvalue weighted by Gasteiger charge is -2.08. The molecule has 0 saturated heterocycles. The third-order valence-electron chi connectivity index (χ3n) is 4.06. The van der Waals surface area contributed by atoms with Crippen molar-refractivity contribution in [2.24, 2.45) is 0 Å². The molecular formula is C23H19NO3. The summed E-state index contributed by atoms with van der Waals surface area (Å²) in [7, 11) is 0. The number of benzene rings is 3. The molecular weight excluding hydrogens is 338 g/mol. The second kappa shape index (κ2) is 8.68. The zero-order valence-electron chi connectivity index (χ0n) is 15.0. The van der Waals surface area contributed by atoms with E-state index >= 15 is 0 Å². The van der Waals surface area contributed by atoms with E-state index < -0.39 is 0 Å². The molecule has 0 heterocycles. The number of hydrogen-bond acceptors (Lipinski definition) is 4. The van der Waals surface area contributed by atoms with Gasteiger partial charge in [-0.05, 0) is 66.6 Å². The average Bonchev–Trinajstić information content (AvgIpc) is 2.73. The molecule has 0 aliphatic carbocycles. The van der Waals surface area contributed by atoms with Gasteiger partial charge in [0.25, 0.3) is 0 Å².